The zero-order valence-electron chi connectivity index (χ0n) is 1.66. The van der Waals surface area contributed by atoms with E-state index in [4.69, 9.17) is 11.6 Å². The fourth-order valence-corrected chi connectivity index (χ4v) is 0. The third kappa shape index (κ3) is 13.4. The smallest absolute Gasteiger partial charge is 0.0633 e. The molecule has 0 aliphatic rings. The molecule has 0 fully saturated rings. The van der Waals surface area contributed by atoms with Gasteiger partial charge >= 0.3 is 0 Å². The maximum Gasteiger partial charge on any atom is 0.146 e. The maximum atomic E-state index is 4.92. The summed E-state index contributed by atoms with van der Waals surface area (Å²) >= 11 is 11.9. The van der Waals surface area contributed by atoms with Gasteiger partial charge in [-0.15, -0.1) is 0 Å². The first-order chi connectivity index (χ1) is 1.73. The Morgan fingerprint density at radius 2 is 2.00 bits per heavy atom. The highest BCUT2D eigenvalue weighted by Gasteiger charge is 1.63. The van der Waals surface area contributed by atoms with Crippen LogP contribution >= 0.6 is 39.7 Å². The first-order valence-electron chi connectivity index (χ1n) is 0.582. The lowest BCUT2D eigenvalue weighted by Crippen LogP contribution is -1.43. The average Bonchev–Trinajstić information content (AvgIpc) is 0.811. The Kier molecular flexibility index (Phi) is 2.57. The van der Waals surface area contributed by atoms with E-state index in [9.17, 15) is 0 Å². The first-order valence-corrected chi connectivity index (χ1v) is 2.16. The molecule has 0 spiro atoms. The van der Waals surface area contributed by atoms with Crippen molar-refractivity contribution in [2.45, 2.75) is 0 Å². The van der Waals surface area contributed by atoms with Crippen LogP contribution in [0.25, 0.3) is 0 Å². The van der Waals surface area contributed by atoms with Crippen molar-refractivity contribution in [1.29, 1.82) is 0 Å². The van der Waals surface area contributed by atoms with Crippen molar-refractivity contribution in [3.63, 3.8) is 0 Å². The SMILES string of the molecule is S=C(Cl)Br. The van der Waals surface area contributed by atoms with Crippen LogP contribution in [-0.4, -0.2) is 3.23 Å². The number of halogens is 2. The lowest BCUT2D eigenvalue weighted by molar-refractivity contribution is 4.09. The van der Waals surface area contributed by atoms with Crippen molar-refractivity contribution in [3.05, 3.63) is 0 Å². The van der Waals surface area contributed by atoms with E-state index in [1.54, 1.807) is 0 Å². The van der Waals surface area contributed by atoms with E-state index in [0.717, 1.165) is 0 Å². The van der Waals surface area contributed by atoms with Gasteiger partial charge in [0.2, 0.25) is 0 Å². The zero-order chi connectivity index (χ0) is 3.58. The van der Waals surface area contributed by atoms with E-state index in [1.165, 1.54) is 0 Å². The minimum absolute atomic E-state index is 0.285. The molecule has 0 N–H and O–H groups in total. The van der Waals surface area contributed by atoms with Gasteiger partial charge in [-0.25, -0.2) is 0 Å². The summed E-state index contributed by atoms with van der Waals surface area (Å²) in [5, 5.41) is 0. The third-order valence-corrected chi connectivity index (χ3v) is 0. The Morgan fingerprint density at radius 1 is 2.00 bits per heavy atom. The molecule has 0 aliphatic carbocycles. The summed E-state index contributed by atoms with van der Waals surface area (Å²) < 4.78 is 0.285. The van der Waals surface area contributed by atoms with Gasteiger partial charge in [0.1, 0.15) is 3.23 Å². The predicted molar refractivity (Wildman–Crippen MR) is 27.4 cm³/mol. The van der Waals surface area contributed by atoms with Crippen molar-refractivity contribution in [2.75, 3.05) is 0 Å². The molecule has 0 aromatic heterocycles. The van der Waals surface area contributed by atoms with Crippen LogP contribution in [0.1, 0.15) is 0 Å². The van der Waals surface area contributed by atoms with Gasteiger partial charge in [-0.2, -0.15) is 0 Å². The van der Waals surface area contributed by atoms with Gasteiger partial charge in [-0.05, 0) is 15.9 Å². The Balaban J connectivity index is 2.80. The molecule has 0 aliphatic heterocycles. The summed E-state index contributed by atoms with van der Waals surface area (Å²) in [6.45, 7) is 0. The summed E-state index contributed by atoms with van der Waals surface area (Å²) in [6, 6.07) is 0. The Morgan fingerprint density at radius 3 is 2.00 bits per heavy atom. The van der Waals surface area contributed by atoms with Crippen LogP contribution in [0.4, 0.5) is 0 Å². The largest absolute Gasteiger partial charge is 0.146 e. The fraction of sp³-hybridized carbons (Fsp3) is 0. The predicted octanol–water partition coefficient (Wildman–Crippen LogP) is 1.91. The fourth-order valence-electron chi connectivity index (χ4n) is 0. The van der Waals surface area contributed by atoms with E-state index in [1.807, 2.05) is 0 Å². The van der Waals surface area contributed by atoms with E-state index in [0.29, 0.717) is 0 Å². The molecular weight excluding hydrogens is 159 g/mol. The third-order valence-electron chi connectivity index (χ3n) is 0. The second-order valence-corrected chi connectivity index (χ2v) is 3.01. The lowest BCUT2D eigenvalue weighted by Gasteiger charge is -1.53. The molecule has 3 heteroatoms. The Labute approximate surface area is 43.3 Å². The molecule has 0 rings (SSSR count). The van der Waals surface area contributed by atoms with Crippen molar-refractivity contribution < 1.29 is 0 Å². The summed E-state index contributed by atoms with van der Waals surface area (Å²) in [7, 11) is 0. The van der Waals surface area contributed by atoms with E-state index >= 15 is 0 Å². The maximum absolute atomic E-state index is 4.92. The van der Waals surface area contributed by atoms with Gasteiger partial charge in [0.15, 0.2) is 0 Å². The molecule has 4 heavy (non-hydrogen) atoms. The van der Waals surface area contributed by atoms with Crippen molar-refractivity contribution in [2.24, 2.45) is 0 Å². The highest BCUT2D eigenvalue weighted by atomic mass is 79.9. The summed E-state index contributed by atoms with van der Waals surface area (Å²) in [4.78, 5) is 0. The molecule has 0 bridgehead atoms. The van der Waals surface area contributed by atoms with Crippen LogP contribution in [-0.2, 0) is 0 Å². The van der Waals surface area contributed by atoms with E-state index in [-0.39, 0.29) is 3.23 Å². The van der Waals surface area contributed by atoms with E-state index < -0.39 is 0 Å². The van der Waals surface area contributed by atoms with Crippen LogP contribution in [0.5, 0.6) is 0 Å². The first kappa shape index (κ1) is 4.86. The van der Waals surface area contributed by atoms with Crippen LogP contribution in [0, 0.1) is 0 Å². The second kappa shape index (κ2) is 2.12. The second-order valence-electron chi connectivity index (χ2n) is 0.226. The van der Waals surface area contributed by atoms with Gasteiger partial charge in [0.05, 0.1) is 0 Å². The van der Waals surface area contributed by atoms with Crippen LogP contribution in [0.2, 0.25) is 0 Å². The van der Waals surface area contributed by atoms with Crippen molar-refractivity contribution >= 4 is 43.0 Å². The molecule has 0 aromatic rings. The number of hydrogen-bond donors (Lipinski definition) is 0. The molecule has 0 atom stereocenters. The molecule has 0 saturated carbocycles. The molecule has 0 heterocycles. The summed E-state index contributed by atoms with van der Waals surface area (Å²) in [6.07, 6.45) is 0. The molecule has 0 saturated heterocycles. The molecule has 0 unspecified atom stereocenters. The molecule has 24 valence electrons. The van der Waals surface area contributed by atoms with Gasteiger partial charge in [0.25, 0.3) is 0 Å². The summed E-state index contributed by atoms with van der Waals surface area (Å²) in [5.41, 5.74) is 0. The quantitative estimate of drug-likeness (QED) is 0.384. The topological polar surface area (TPSA) is 0 Å². The highest BCUT2D eigenvalue weighted by Crippen LogP contribution is 1.90. The van der Waals surface area contributed by atoms with Crippen LogP contribution in [0.15, 0.2) is 0 Å². The van der Waals surface area contributed by atoms with Gasteiger partial charge < -0.3 is 0 Å². The van der Waals surface area contributed by atoms with Gasteiger partial charge in [-0.1, -0.05) is 23.8 Å². The van der Waals surface area contributed by atoms with Crippen molar-refractivity contribution in [1.82, 2.24) is 0 Å². The molecule has 0 nitrogen and oxygen atoms in total. The molecular formula is CBrClS. The van der Waals surface area contributed by atoms with Crippen LogP contribution in [0.3, 0.4) is 0 Å². The molecule has 0 amide bonds. The minimum atomic E-state index is 0.285. The van der Waals surface area contributed by atoms with Crippen molar-refractivity contribution in [3.8, 4) is 0 Å². The van der Waals surface area contributed by atoms with Crippen LogP contribution < -0.4 is 0 Å². The normalized spacial score (nSPS) is 6.50. The monoisotopic (exact) mass is 158 g/mol. The highest BCUT2D eigenvalue weighted by molar-refractivity contribution is 9.21. The lowest BCUT2D eigenvalue weighted by atomic mass is 11.9. The van der Waals surface area contributed by atoms with E-state index in [2.05, 4.69) is 28.1 Å². The van der Waals surface area contributed by atoms with Gasteiger partial charge in [-0.3, -0.25) is 0 Å². The zero-order valence-corrected chi connectivity index (χ0v) is 4.82. The standard InChI is InChI=1S/CBrClS/c2-1(3)4. The average molecular weight is 159 g/mol. The number of thiocarbonyl (C=S) groups is 1. The Hall–Kier alpha value is 0.860. The molecule has 0 aromatic carbocycles. The number of hydrogen-bond acceptors (Lipinski definition) is 1. The minimum Gasteiger partial charge on any atom is -0.0633 e. The number of rotatable bonds is 0. The molecule has 0 radical (unpaired) electrons. The van der Waals surface area contributed by atoms with Gasteiger partial charge in [0, 0.05) is 0 Å². The Bertz CT molecular complexity index is 31.0. The summed E-state index contributed by atoms with van der Waals surface area (Å²) in [5.74, 6) is 0.